The summed E-state index contributed by atoms with van der Waals surface area (Å²) in [6.45, 7) is 8.17. The molecule has 6 rings (SSSR count). The number of halogens is 1. The van der Waals surface area contributed by atoms with Crippen molar-refractivity contribution in [3.8, 4) is 0 Å². The Hall–Kier alpha value is -3.65. The van der Waals surface area contributed by atoms with Crippen LogP contribution in [0.5, 0.6) is 0 Å². The summed E-state index contributed by atoms with van der Waals surface area (Å²) in [5.74, 6) is 0.256. The van der Waals surface area contributed by atoms with E-state index in [1.54, 1.807) is 6.07 Å². The van der Waals surface area contributed by atoms with Crippen molar-refractivity contribution in [2.45, 2.75) is 83.8 Å². The highest BCUT2D eigenvalue weighted by Gasteiger charge is 2.52. The lowest BCUT2D eigenvalue weighted by Crippen LogP contribution is -2.46. The fourth-order valence-corrected chi connectivity index (χ4v) is 6.72. The molecule has 215 valence electrons. The van der Waals surface area contributed by atoms with Gasteiger partial charge in [0.05, 0.1) is 35.6 Å². The molecule has 2 aromatic rings. The van der Waals surface area contributed by atoms with Gasteiger partial charge in [-0.25, -0.2) is 0 Å². The molecule has 2 aromatic carbocycles. The Morgan fingerprint density at radius 2 is 1.95 bits per heavy atom. The monoisotopic (exact) mass is 580 g/mol. The zero-order valence-corrected chi connectivity index (χ0v) is 25.4. The molecule has 9 heteroatoms. The average Bonchev–Trinajstić information content (AvgIpc) is 3.63. The number of benzene rings is 2. The maximum Gasteiger partial charge on any atom is 0.252 e. The Morgan fingerprint density at radius 1 is 1.21 bits per heavy atom. The molecule has 1 radical (unpaired) electrons. The summed E-state index contributed by atoms with van der Waals surface area (Å²) < 4.78 is 0. The van der Waals surface area contributed by atoms with Gasteiger partial charge in [-0.3, -0.25) is 20.0 Å². The summed E-state index contributed by atoms with van der Waals surface area (Å²) >= 11 is 6.25. The van der Waals surface area contributed by atoms with Crippen LogP contribution in [0, 0.1) is 5.41 Å². The molecular weight excluding hydrogens is 545 g/mol. The quantitative estimate of drug-likeness (QED) is 0.202. The third kappa shape index (κ3) is 5.00. The number of hydrogen-bond donors (Lipinski definition) is 3. The van der Waals surface area contributed by atoms with Crippen molar-refractivity contribution in [2.24, 2.45) is 4.99 Å². The Balaban J connectivity index is 1.38. The molecule has 3 N–H and O–H groups in total. The van der Waals surface area contributed by atoms with Crippen molar-refractivity contribution in [2.75, 3.05) is 5.32 Å². The van der Waals surface area contributed by atoms with Crippen molar-refractivity contribution in [1.82, 2.24) is 10.2 Å². The lowest BCUT2D eigenvalue weighted by atomic mass is 9.68. The zero-order valence-electron chi connectivity index (χ0n) is 24.6. The molecule has 1 saturated carbocycles. The van der Waals surface area contributed by atoms with E-state index in [0.717, 1.165) is 71.2 Å². The Labute approximate surface area is 253 Å². The second-order valence-corrected chi connectivity index (χ2v) is 12.4. The first-order chi connectivity index (χ1) is 20.1. The van der Waals surface area contributed by atoms with Crippen molar-refractivity contribution < 1.29 is 9.59 Å². The Bertz CT molecular complexity index is 1590. The Kier molecular flexibility index (Phi) is 7.38. The molecule has 4 aliphatic rings. The number of carbonyl (C=O) groups is 2. The first-order valence-electron chi connectivity index (χ1n) is 14.8. The number of nitrogens with one attached hydrogen (secondary N) is 3. The first-order valence-corrected chi connectivity index (χ1v) is 15.2. The molecule has 0 aromatic heterocycles. The van der Waals surface area contributed by atoms with E-state index in [1.165, 1.54) is 0 Å². The van der Waals surface area contributed by atoms with Gasteiger partial charge in [-0.15, -0.1) is 0 Å². The smallest absolute Gasteiger partial charge is 0.252 e. The maximum absolute atomic E-state index is 13.7. The zero-order chi connectivity index (χ0) is 29.8. The highest BCUT2D eigenvalue weighted by molar-refractivity contribution is 6.58. The number of hydrogen-bond acceptors (Lipinski definition) is 4. The third-order valence-electron chi connectivity index (χ3n) is 9.04. The van der Waals surface area contributed by atoms with Crippen molar-refractivity contribution in [3.63, 3.8) is 0 Å². The van der Waals surface area contributed by atoms with Crippen LogP contribution in [0.15, 0.2) is 69.7 Å². The molecule has 1 unspecified atom stereocenters. The number of rotatable bonds is 7. The van der Waals surface area contributed by atoms with Crippen LogP contribution in [0.4, 0.5) is 5.69 Å². The van der Waals surface area contributed by atoms with Gasteiger partial charge in [0.2, 0.25) is 13.2 Å². The lowest BCUT2D eigenvalue weighted by molar-refractivity contribution is -0.116. The number of carbonyl (C=O) groups excluding carboxylic acids is 2. The number of amides is 2. The molecule has 42 heavy (non-hydrogen) atoms. The number of anilines is 1. The van der Waals surface area contributed by atoms with E-state index < -0.39 is 0 Å². The minimum absolute atomic E-state index is 0.0410. The average molecular weight is 581 g/mol. The van der Waals surface area contributed by atoms with Crippen LogP contribution in [-0.4, -0.2) is 47.6 Å². The molecule has 0 saturated heterocycles. The molecule has 2 amide bonds. The minimum Gasteiger partial charge on any atom is -0.342 e. The van der Waals surface area contributed by atoms with Gasteiger partial charge in [0.25, 0.3) is 5.91 Å². The highest BCUT2D eigenvalue weighted by atomic mass is 35.5. The number of unbranched alkanes of at least 4 members (excludes halogenated alkanes) is 1. The van der Waals surface area contributed by atoms with Gasteiger partial charge in [0.1, 0.15) is 0 Å². The van der Waals surface area contributed by atoms with E-state index in [0.29, 0.717) is 22.1 Å². The minimum atomic E-state index is -0.387. The van der Waals surface area contributed by atoms with Crippen LogP contribution < -0.4 is 10.6 Å². The normalized spacial score (nSPS) is 21.9. The fourth-order valence-electron chi connectivity index (χ4n) is 6.59. The van der Waals surface area contributed by atoms with Gasteiger partial charge in [-0.1, -0.05) is 61.5 Å². The van der Waals surface area contributed by atoms with Crippen LogP contribution in [-0.2, 0) is 10.3 Å². The molecule has 2 atom stereocenters. The summed E-state index contributed by atoms with van der Waals surface area (Å²) in [6, 6.07) is 12.7. The summed E-state index contributed by atoms with van der Waals surface area (Å²) in [7, 11) is 2.16. The number of nitrogens with zero attached hydrogens (tertiary/aromatic N) is 2. The predicted molar refractivity (Wildman–Crippen MR) is 170 cm³/mol. The van der Waals surface area contributed by atoms with E-state index >= 15 is 0 Å². The van der Waals surface area contributed by atoms with Crippen LogP contribution >= 0.6 is 11.6 Å². The van der Waals surface area contributed by atoms with E-state index in [9.17, 15) is 9.59 Å². The number of allylic oxidation sites excluding steroid dienone is 3. The fraction of sp³-hybridized carbons (Fsp3) is 0.394. The predicted octanol–water partition coefficient (Wildman–Crippen LogP) is 6.35. The molecule has 3 heterocycles. The van der Waals surface area contributed by atoms with Gasteiger partial charge in [-0.2, -0.15) is 0 Å². The molecule has 1 aliphatic carbocycles. The molecular formula is C33H36BClN5O2. The third-order valence-corrected chi connectivity index (χ3v) is 9.29. The molecule has 7 nitrogen and oxygen atoms in total. The SMILES string of the molecule is CCCCC1[C@H](CC(=O)Nc2ccc3c(c2)C2(CC2)NC3=O)N=C(c2ccc(Cl)cc2)C2=C([B]C(C)=C2C)N1C(C)=N. The van der Waals surface area contributed by atoms with Crippen LogP contribution in [0.25, 0.3) is 0 Å². The van der Waals surface area contributed by atoms with Crippen LogP contribution in [0.3, 0.4) is 0 Å². The largest absolute Gasteiger partial charge is 0.342 e. The van der Waals surface area contributed by atoms with E-state index in [2.05, 4.69) is 43.6 Å². The summed E-state index contributed by atoms with van der Waals surface area (Å²) in [4.78, 5) is 33.6. The van der Waals surface area contributed by atoms with E-state index in [1.807, 2.05) is 43.3 Å². The second kappa shape index (κ2) is 10.9. The molecule has 3 aliphatic heterocycles. The molecule has 1 fully saturated rings. The summed E-state index contributed by atoms with van der Waals surface area (Å²) in [5.41, 5.74) is 8.11. The van der Waals surface area contributed by atoms with Gasteiger partial charge in [0.15, 0.2) is 0 Å². The maximum atomic E-state index is 13.7. The van der Waals surface area contributed by atoms with Gasteiger partial charge in [-0.05, 0) is 74.6 Å². The lowest BCUT2D eigenvalue weighted by Gasteiger charge is -2.37. The van der Waals surface area contributed by atoms with Gasteiger partial charge < -0.3 is 15.5 Å². The molecule has 0 bridgehead atoms. The standard InChI is InChI=1S/C33H36BClN5O2/c1-5-6-7-27-26(17-28(41)37-23-12-13-24-25(16-23)33(14-15-33)39-32(24)42)38-30(21-8-10-22(35)11-9-21)29-18(2)19(3)34-31(29)40(27)20(4)36/h8-13,16,26-27,36H,5-7,14-15,17H2,1-4H3,(H,37,41)(H,39,42)/t26-,27?/m0/s1. The van der Waals surface area contributed by atoms with Gasteiger partial charge >= 0.3 is 0 Å². The Morgan fingerprint density at radius 3 is 2.62 bits per heavy atom. The summed E-state index contributed by atoms with van der Waals surface area (Å²) in [6.07, 6.45) is 4.78. The van der Waals surface area contributed by atoms with Crippen LogP contribution in [0.1, 0.15) is 87.7 Å². The summed E-state index contributed by atoms with van der Waals surface area (Å²) in [5, 5.41) is 15.7. The van der Waals surface area contributed by atoms with E-state index in [4.69, 9.17) is 22.0 Å². The van der Waals surface area contributed by atoms with Crippen molar-refractivity contribution in [1.29, 1.82) is 5.41 Å². The van der Waals surface area contributed by atoms with Crippen molar-refractivity contribution >= 4 is 47.9 Å². The number of amidine groups is 1. The van der Waals surface area contributed by atoms with Crippen molar-refractivity contribution in [3.05, 3.63) is 86.4 Å². The number of fused-ring (bicyclic) bond motifs is 2. The van der Waals surface area contributed by atoms with Crippen LogP contribution in [0.2, 0.25) is 5.02 Å². The first kappa shape index (κ1) is 28.5. The van der Waals surface area contributed by atoms with Gasteiger partial charge in [0, 0.05) is 27.4 Å². The topological polar surface area (TPSA) is 97.7 Å². The second-order valence-electron chi connectivity index (χ2n) is 12.0. The van der Waals surface area contributed by atoms with E-state index in [-0.39, 0.29) is 35.9 Å². The molecule has 1 spiro atoms. The number of aliphatic imine (C=N–C) groups is 1. The highest BCUT2D eigenvalue weighted by Crippen LogP contribution is 2.51.